The second kappa shape index (κ2) is 7.39. The van der Waals surface area contributed by atoms with E-state index in [-0.39, 0.29) is 18.8 Å². The fourth-order valence-electron chi connectivity index (χ4n) is 1.17. The second-order valence-corrected chi connectivity index (χ2v) is 6.21. The number of carbonyl (C=O) groups is 1. The molecule has 0 bridgehead atoms. The molecule has 108 valence electrons. The fourth-order valence-corrected chi connectivity index (χ4v) is 1.81. The highest BCUT2D eigenvalue weighted by molar-refractivity contribution is 14.2. The Hall–Kier alpha value is -0.420. The highest BCUT2D eigenvalue weighted by atomic mass is 127. The molecule has 0 saturated heterocycles. The molecule has 0 aromatic carbocycles. The first kappa shape index (κ1) is 16.6. The van der Waals surface area contributed by atoms with Crippen molar-refractivity contribution in [2.75, 3.05) is 6.61 Å². The van der Waals surface area contributed by atoms with Gasteiger partial charge < -0.3 is 8.92 Å². The minimum atomic E-state index is -1.21. The lowest BCUT2D eigenvalue weighted by Gasteiger charge is -2.18. The van der Waals surface area contributed by atoms with E-state index in [0.29, 0.717) is 0 Å². The fraction of sp³-hybridized carbons (Fsp3) is 0.700. The molecule has 0 amide bonds. The van der Waals surface area contributed by atoms with Gasteiger partial charge in [0.25, 0.3) is 0 Å². The zero-order valence-electron chi connectivity index (χ0n) is 10.8. The Balaban J connectivity index is 2.54. The quantitative estimate of drug-likeness (QED) is 0.413. The van der Waals surface area contributed by atoms with Gasteiger partial charge in [-0.05, 0) is 20.8 Å². The van der Waals surface area contributed by atoms with Gasteiger partial charge >= 0.3 is 5.97 Å². The maximum Gasteiger partial charge on any atom is 0.361 e. The second-order valence-electron chi connectivity index (χ2n) is 4.77. The van der Waals surface area contributed by atoms with Gasteiger partial charge in [-0.2, -0.15) is 0 Å². The molecule has 1 aromatic rings. The number of esters is 1. The summed E-state index contributed by atoms with van der Waals surface area (Å²) in [5.41, 5.74) is -0.541. The lowest BCUT2D eigenvalue weighted by molar-refractivity contribution is 0.00626. The highest BCUT2D eigenvalue weighted by Crippen LogP contribution is 2.14. The zero-order chi connectivity index (χ0) is 14.5. The van der Waals surface area contributed by atoms with Crippen molar-refractivity contribution in [1.29, 1.82) is 0 Å². The van der Waals surface area contributed by atoms with E-state index in [0.717, 1.165) is 9.21 Å². The van der Waals surface area contributed by atoms with Gasteiger partial charge in [-0.1, -0.05) is 5.21 Å². The van der Waals surface area contributed by atoms with Crippen molar-refractivity contribution in [2.45, 2.75) is 39.1 Å². The third-order valence-electron chi connectivity index (χ3n) is 1.83. The molecule has 1 aromatic heterocycles. The van der Waals surface area contributed by atoms with Gasteiger partial charge in [0.15, 0.2) is 5.69 Å². The Bertz CT molecular complexity index is 424. The van der Waals surface area contributed by atoms with Crippen LogP contribution in [0.3, 0.4) is 0 Å². The molecule has 0 saturated carbocycles. The summed E-state index contributed by atoms with van der Waals surface area (Å²) in [7, 11) is 1.07. The van der Waals surface area contributed by atoms with Crippen LogP contribution in [-0.4, -0.2) is 39.3 Å². The van der Waals surface area contributed by atoms with Crippen LogP contribution in [0.2, 0.25) is 0 Å². The van der Waals surface area contributed by atoms with E-state index < -0.39 is 17.7 Å². The zero-order valence-corrected chi connectivity index (χ0v) is 13.8. The number of alkyl halides is 1. The molecule has 19 heavy (non-hydrogen) atoms. The first-order valence-electron chi connectivity index (χ1n) is 5.49. The SMILES string of the molecule is CC(C)(C)OC(=O)c1cn(CC(F)COSI)nn1. The topological polar surface area (TPSA) is 66.2 Å². The summed E-state index contributed by atoms with van der Waals surface area (Å²) in [4.78, 5) is 11.7. The monoisotopic (exact) mass is 403 g/mol. The third-order valence-corrected chi connectivity index (χ3v) is 2.81. The molecular weight excluding hydrogens is 388 g/mol. The molecule has 9 heteroatoms. The van der Waals surface area contributed by atoms with Crippen LogP contribution in [0.25, 0.3) is 0 Å². The van der Waals surface area contributed by atoms with E-state index in [1.54, 1.807) is 20.8 Å². The van der Waals surface area contributed by atoms with Crippen molar-refractivity contribution >= 4 is 36.4 Å². The maximum absolute atomic E-state index is 13.4. The van der Waals surface area contributed by atoms with Crippen LogP contribution in [0.15, 0.2) is 6.20 Å². The molecule has 0 aliphatic heterocycles. The van der Waals surface area contributed by atoms with Crippen molar-refractivity contribution < 1.29 is 18.1 Å². The van der Waals surface area contributed by atoms with Crippen LogP contribution >= 0.6 is 30.4 Å². The van der Waals surface area contributed by atoms with Crippen LogP contribution in [0.4, 0.5) is 4.39 Å². The van der Waals surface area contributed by atoms with Crippen LogP contribution in [-0.2, 0) is 15.5 Å². The van der Waals surface area contributed by atoms with Crippen molar-refractivity contribution in [3.8, 4) is 0 Å². The lowest BCUT2D eigenvalue weighted by Crippen LogP contribution is -2.24. The van der Waals surface area contributed by atoms with Gasteiger partial charge in [-0.25, -0.2) is 13.9 Å². The van der Waals surface area contributed by atoms with Crippen LogP contribution in [0, 0.1) is 0 Å². The minimum absolute atomic E-state index is 0.0208. The number of carbonyl (C=O) groups excluding carboxylic acids is 1. The lowest BCUT2D eigenvalue weighted by atomic mass is 10.2. The number of nitrogens with zero attached hydrogens (tertiary/aromatic N) is 3. The van der Waals surface area contributed by atoms with Gasteiger partial charge in [0.1, 0.15) is 11.8 Å². The molecule has 0 fully saturated rings. The summed E-state index contributed by atoms with van der Waals surface area (Å²) in [6, 6.07) is 0. The molecule has 0 aliphatic carbocycles. The molecule has 0 spiro atoms. The van der Waals surface area contributed by atoms with E-state index in [1.807, 2.05) is 21.2 Å². The predicted octanol–water partition coefficient (Wildman–Crippen LogP) is 2.59. The Morgan fingerprint density at radius 1 is 1.63 bits per heavy atom. The van der Waals surface area contributed by atoms with Gasteiger partial charge in [0.05, 0.1) is 28.6 Å². The largest absolute Gasteiger partial charge is 0.455 e. The summed E-state index contributed by atoms with van der Waals surface area (Å²) in [5.74, 6) is -0.576. The highest BCUT2D eigenvalue weighted by Gasteiger charge is 2.21. The molecule has 1 rings (SSSR count). The van der Waals surface area contributed by atoms with Crippen LogP contribution < -0.4 is 0 Å². The number of hydrogen-bond acceptors (Lipinski definition) is 6. The summed E-state index contributed by atoms with van der Waals surface area (Å²) in [6.07, 6.45) is 0.146. The Kier molecular flexibility index (Phi) is 6.47. The number of rotatable bonds is 6. The smallest absolute Gasteiger partial charge is 0.361 e. The average Bonchev–Trinajstić information content (AvgIpc) is 2.72. The standard InChI is InChI=1S/C10H15FIN3O3S/c1-10(2,3)18-9(16)8-5-15(14-13-8)4-7(11)6-17-19-12/h5,7H,4,6H2,1-3H3. The van der Waals surface area contributed by atoms with Gasteiger partial charge in [0, 0.05) is 21.2 Å². The van der Waals surface area contributed by atoms with E-state index in [2.05, 4.69) is 10.3 Å². The summed E-state index contributed by atoms with van der Waals surface area (Å²) >= 11 is 1.91. The minimum Gasteiger partial charge on any atom is -0.455 e. The molecule has 1 unspecified atom stereocenters. The Morgan fingerprint density at radius 2 is 2.32 bits per heavy atom. The molecule has 1 heterocycles. The number of hydrogen-bond donors (Lipinski definition) is 0. The average molecular weight is 403 g/mol. The molecule has 0 aliphatic rings. The van der Waals surface area contributed by atoms with Gasteiger partial charge in [0.2, 0.25) is 0 Å². The molecule has 0 radical (unpaired) electrons. The van der Waals surface area contributed by atoms with Crippen molar-refractivity contribution in [3.63, 3.8) is 0 Å². The van der Waals surface area contributed by atoms with Gasteiger partial charge in [-0.3, -0.25) is 0 Å². The van der Waals surface area contributed by atoms with Crippen LogP contribution in [0.5, 0.6) is 0 Å². The van der Waals surface area contributed by atoms with E-state index in [9.17, 15) is 9.18 Å². The summed E-state index contributed by atoms with van der Waals surface area (Å²) < 4.78 is 24.7. The van der Waals surface area contributed by atoms with E-state index in [4.69, 9.17) is 8.92 Å². The summed E-state index contributed by atoms with van der Waals surface area (Å²) in [5, 5.41) is 7.33. The first-order valence-corrected chi connectivity index (χ1v) is 8.78. The number of aromatic nitrogens is 3. The molecule has 1 atom stereocenters. The molecular formula is C10H15FIN3O3S. The predicted molar refractivity (Wildman–Crippen MR) is 77.6 cm³/mol. The Morgan fingerprint density at radius 3 is 2.89 bits per heavy atom. The normalized spacial score (nSPS) is 13.3. The maximum atomic E-state index is 13.4. The first-order chi connectivity index (χ1) is 8.81. The Labute approximate surface area is 127 Å². The molecule has 0 N–H and O–H groups in total. The van der Waals surface area contributed by atoms with E-state index in [1.165, 1.54) is 10.9 Å². The van der Waals surface area contributed by atoms with Crippen molar-refractivity contribution in [2.24, 2.45) is 0 Å². The number of ether oxygens (including phenoxy) is 1. The number of halogens is 2. The van der Waals surface area contributed by atoms with Gasteiger partial charge in [-0.15, -0.1) is 5.10 Å². The van der Waals surface area contributed by atoms with Crippen LogP contribution in [0.1, 0.15) is 31.3 Å². The van der Waals surface area contributed by atoms with E-state index >= 15 is 0 Å². The third kappa shape index (κ3) is 6.52. The van der Waals surface area contributed by atoms with Crippen molar-refractivity contribution in [1.82, 2.24) is 15.0 Å². The van der Waals surface area contributed by atoms with Crippen molar-refractivity contribution in [3.05, 3.63) is 11.9 Å². The molecule has 6 nitrogen and oxygen atoms in total. The summed E-state index contributed by atoms with van der Waals surface area (Å²) in [6.45, 7) is 5.20.